The predicted octanol–water partition coefficient (Wildman–Crippen LogP) is 11.2. The van der Waals surface area contributed by atoms with Gasteiger partial charge in [0.1, 0.15) is 0 Å². The normalized spacial score (nSPS) is 11.7. The van der Waals surface area contributed by atoms with Crippen LogP contribution in [-0.4, -0.2) is 28.2 Å². The summed E-state index contributed by atoms with van der Waals surface area (Å²) in [5.74, 6) is 0. The molecular formula is C38H36N6. The van der Waals surface area contributed by atoms with Gasteiger partial charge >= 0.3 is 0 Å². The summed E-state index contributed by atoms with van der Waals surface area (Å²) in [6, 6.07) is 37.8. The minimum absolute atomic E-state index is 0.823. The molecule has 0 N–H and O–H groups in total. The van der Waals surface area contributed by atoms with Crippen molar-refractivity contribution >= 4 is 55.7 Å². The number of benzene rings is 6. The molecule has 0 amide bonds. The van der Waals surface area contributed by atoms with E-state index in [1.54, 1.807) is 0 Å². The fourth-order valence-electron chi connectivity index (χ4n) is 5.30. The van der Waals surface area contributed by atoms with Crippen molar-refractivity contribution in [2.24, 2.45) is 20.5 Å². The van der Waals surface area contributed by atoms with Gasteiger partial charge in [0.2, 0.25) is 0 Å². The maximum absolute atomic E-state index is 4.74. The highest BCUT2D eigenvalue weighted by molar-refractivity contribution is 6.00. The van der Waals surface area contributed by atoms with Crippen LogP contribution in [-0.2, 0) is 0 Å². The highest BCUT2D eigenvalue weighted by atomic mass is 15.1. The Hall–Kier alpha value is -5.36. The highest BCUT2D eigenvalue weighted by Crippen LogP contribution is 2.38. The lowest BCUT2D eigenvalue weighted by Gasteiger charge is -2.12. The number of anilines is 2. The van der Waals surface area contributed by atoms with Crippen molar-refractivity contribution in [1.29, 1.82) is 0 Å². The van der Waals surface area contributed by atoms with Gasteiger partial charge in [0.05, 0.1) is 22.7 Å². The maximum atomic E-state index is 4.74. The fraction of sp³-hybridized carbons (Fsp3) is 0.158. The zero-order valence-corrected chi connectivity index (χ0v) is 26.1. The van der Waals surface area contributed by atoms with Crippen molar-refractivity contribution in [3.63, 3.8) is 0 Å². The number of hydrogen-bond donors (Lipinski definition) is 0. The van der Waals surface area contributed by atoms with Gasteiger partial charge < -0.3 is 9.80 Å². The standard InChI is InChI=1S/C38H36N6/c1-25-7-9-27-11-13-29(23-35(27)37(25)41-39-31-15-19-33(20-16-31)43(3)4)30-14-12-28-10-8-26(2)38(36(28)24-30)42-40-32-17-21-34(22-18-32)44(5)6/h7-24H,1-6H3. The Labute approximate surface area is 259 Å². The molecule has 44 heavy (non-hydrogen) atoms. The fourth-order valence-corrected chi connectivity index (χ4v) is 5.30. The molecule has 0 unspecified atom stereocenters. The van der Waals surface area contributed by atoms with E-state index in [-0.39, 0.29) is 0 Å². The molecule has 0 heterocycles. The number of rotatable bonds is 7. The first-order valence-electron chi connectivity index (χ1n) is 14.7. The van der Waals surface area contributed by atoms with Gasteiger partial charge in [-0.1, -0.05) is 48.5 Å². The minimum atomic E-state index is 0.823. The summed E-state index contributed by atoms with van der Waals surface area (Å²) in [5, 5.41) is 23.1. The van der Waals surface area contributed by atoms with Gasteiger partial charge in [0, 0.05) is 50.3 Å². The zero-order chi connectivity index (χ0) is 30.8. The lowest BCUT2D eigenvalue weighted by Crippen LogP contribution is -2.07. The average Bonchev–Trinajstić information content (AvgIpc) is 3.03. The minimum Gasteiger partial charge on any atom is -0.378 e. The molecule has 6 heteroatoms. The Bertz CT molecular complexity index is 1870. The molecule has 0 saturated heterocycles. The van der Waals surface area contributed by atoms with Gasteiger partial charge in [0.25, 0.3) is 0 Å². The maximum Gasteiger partial charge on any atom is 0.0964 e. The van der Waals surface area contributed by atoms with Gasteiger partial charge in [-0.3, -0.25) is 0 Å². The smallest absolute Gasteiger partial charge is 0.0964 e. The lowest BCUT2D eigenvalue weighted by atomic mass is 9.96. The second kappa shape index (κ2) is 12.1. The molecule has 6 aromatic carbocycles. The topological polar surface area (TPSA) is 55.9 Å². The van der Waals surface area contributed by atoms with Crippen LogP contribution in [0.1, 0.15) is 11.1 Å². The largest absolute Gasteiger partial charge is 0.378 e. The van der Waals surface area contributed by atoms with Gasteiger partial charge in [-0.2, -0.15) is 10.2 Å². The summed E-state index contributed by atoms with van der Waals surface area (Å²) in [6.45, 7) is 4.17. The Morgan fingerprint density at radius 3 is 1.14 bits per heavy atom. The SMILES string of the molecule is Cc1ccc2ccc(-c3ccc4ccc(C)c(N=Nc5ccc(N(C)C)cc5)c4c3)cc2c1N=Nc1ccc(N(C)C)cc1. The first-order chi connectivity index (χ1) is 21.3. The molecule has 0 aliphatic carbocycles. The first-order valence-corrected chi connectivity index (χ1v) is 14.7. The van der Waals surface area contributed by atoms with E-state index < -0.39 is 0 Å². The lowest BCUT2D eigenvalue weighted by molar-refractivity contribution is 1.13. The molecule has 0 fully saturated rings. The van der Waals surface area contributed by atoms with E-state index in [4.69, 9.17) is 10.2 Å². The molecule has 0 aromatic heterocycles. The quantitative estimate of drug-likeness (QED) is 0.177. The van der Waals surface area contributed by atoms with E-state index in [9.17, 15) is 0 Å². The van der Waals surface area contributed by atoms with Crippen molar-refractivity contribution < 1.29 is 0 Å². The predicted molar refractivity (Wildman–Crippen MR) is 186 cm³/mol. The van der Waals surface area contributed by atoms with Crippen LogP contribution >= 0.6 is 0 Å². The Morgan fingerprint density at radius 1 is 0.409 bits per heavy atom. The molecule has 0 radical (unpaired) electrons. The molecule has 6 aromatic rings. The van der Waals surface area contributed by atoms with Crippen LogP contribution in [0, 0.1) is 13.8 Å². The van der Waals surface area contributed by atoms with Crippen LogP contribution in [0.15, 0.2) is 130 Å². The third-order valence-corrected chi connectivity index (χ3v) is 7.99. The van der Waals surface area contributed by atoms with Gasteiger partial charge in [-0.05, 0) is 108 Å². The van der Waals surface area contributed by atoms with Crippen molar-refractivity contribution in [3.05, 3.63) is 120 Å². The molecule has 0 atom stereocenters. The van der Waals surface area contributed by atoms with Gasteiger partial charge in [-0.25, -0.2) is 0 Å². The van der Waals surface area contributed by atoms with Crippen molar-refractivity contribution in [2.45, 2.75) is 13.8 Å². The summed E-state index contributed by atoms with van der Waals surface area (Å²) in [7, 11) is 8.11. The molecule has 0 aliphatic rings. The van der Waals surface area contributed by atoms with Crippen LogP contribution in [0.5, 0.6) is 0 Å². The second-order valence-corrected chi connectivity index (χ2v) is 11.6. The third-order valence-electron chi connectivity index (χ3n) is 7.99. The Kier molecular flexibility index (Phi) is 7.90. The zero-order valence-electron chi connectivity index (χ0n) is 26.1. The van der Waals surface area contributed by atoms with E-state index in [0.717, 1.165) is 77.9 Å². The number of aryl methyl sites for hydroxylation is 2. The number of nitrogens with zero attached hydrogens (tertiary/aromatic N) is 6. The van der Waals surface area contributed by atoms with Crippen LogP contribution in [0.2, 0.25) is 0 Å². The average molecular weight is 577 g/mol. The molecule has 6 nitrogen and oxygen atoms in total. The summed E-state index contributed by atoms with van der Waals surface area (Å²) in [6.07, 6.45) is 0. The Morgan fingerprint density at radius 2 is 0.773 bits per heavy atom. The summed E-state index contributed by atoms with van der Waals surface area (Å²) >= 11 is 0. The van der Waals surface area contributed by atoms with Gasteiger partial charge in [0.15, 0.2) is 0 Å². The summed E-state index contributed by atoms with van der Waals surface area (Å²) in [5.41, 5.74) is 10.1. The van der Waals surface area contributed by atoms with E-state index >= 15 is 0 Å². The van der Waals surface area contributed by atoms with Crippen molar-refractivity contribution in [3.8, 4) is 11.1 Å². The third kappa shape index (κ3) is 5.92. The van der Waals surface area contributed by atoms with E-state index in [0.29, 0.717) is 0 Å². The van der Waals surface area contributed by atoms with Crippen LogP contribution < -0.4 is 9.80 Å². The number of azo groups is 2. The molecule has 0 saturated carbocycles. The van der Waals surface area contributed by atoms with E-state index in [1.165, 1.54) is 0 Å². The Balaban J connectivity index is 1.38. The van der Waals surface area contributed by atoms with E-state index in [1.807, 2.05) is 52.5 Å². The number of fused-ring (bicyclic) bond motifs is 2. The van der Waals surface area contributed by atoms with E-state index in [2.05, 4.69) is 119 Å². The molecule has 0 aliphatic heterocycles. The second-order valence-electron chi connectivity index (χ2n) is 11.6. The summed E-state index contributed by atoms with van der Waals surface area (Å²) < 4.78 is 0. The van der Waals surface area contributed by atoms with Gasteiger partial charge in [-0.15, -0.1) is 10.2 Å². The van der Waals surface area contributed by atoms with Crippen LogP contribution in [0.25, 0.3) is 32.7 Å². The summed E-state index contributed by atoms with van der Waals surface area (Å²) in [4.78, 5) is 4.14. The molecular weight excluding hydrogens is 540 g/mol. The molecule has 6 rings (SSSR count). The molecule has 218 valence electrons. The van der Waals surface area contributed by atoms with Crippen molar-refractivity contribution in [2.75, 3.05) is 38.0 Å². The monoisotopic (exact) mass is 576 g/mol. The van der Waals surface area contributed by atoms with Crippen molar-refractivity contribution in [1.82, 2.24) is 0 Å². The van der Waals surface area contributed by atoms with Crippen LogP contribution in [0.4, 0.5) is 34.1 Å². The molecule has 0 bridgehead atoms. The van der Waals surface area contributed by atoms with Crippen LogP contribution in [0.3, 0.4) is 0 Å². The number of hydrogen-bond acceptors (Lipinski definition) is 6. The molecule has 0 spiro atoms. The first kappa shape index (κ1) is 28.7. The highest BCUT2D eigenvalue weighted by Gasteiger charge is 2.10.